The molecule has 0 unspecified atom stereocenters. The van der Waals surface area contributed by atoms with Gasteiger partial charge in [0.1, 0.15) is 0 Å². The zero-order chi connectivity index (χ0) is 10.9. The van der Waals surface area contributed by atoms with Crippen molar-refractivity contribution in [3.63, 3.8) is 0 Å². The van der Waals surface area contributed by atoms with Crippen LogP contribution in [0.1, 0.15) is 0 Å². The Morgan fingerprint density at radius 1 is 0.800 bits per heavy atom. The number of ether oxygens (including phenoxy) is 1. The molecule has 0 atom stereocenters. The number of carbonyl (C=O) groups is 2. The van der Waals surface area contributed by atoms with Crippen LogP contribution in [0.5, 0.6) is 0 Å². The quantitative estimate of drug-likeness (QED) is 0.200. The van der Waals surface area contributed by atoms with E-state index in [0.717, 1.165) is 0 Å². The van der Waals surface area contributed by atoms with Crippen LogP contribution in [0.15, 0.2) is 0 Å². The van der Waals surface area contributed by atoms with Gasteiger partial charge in [0.2, 0.25) is 0 Å². The van der Waals surface area contributed by atoms with E-state index in [1.165, 1.54) is 0 Å². The molecule has 0 spiro atoms. The van der Waals surface area contributed by atoms with Crippen molar-refractivity contribution in [2.45, 2.75) is 12.4 Å². The summed E-state index contributed by atoms with van der Waals surface area (Å²) in [4.78, 5) is 19.3. The number of alkyl halides is 6. The normalized spacial score (nSPS) is 10.8. The second kappa shape index (κ2) is 7.52. The van der Waals surface area contributed by atoms with Crippen molar-refractivity contribution in [2.75, 3.05) is 0 Å². The van der Waals surface area contributed by atoms with Crippen LogP contribution in [-0.4, -0.2) is 24.3 Å². The third-order valence-corrected chi connectivity index (χ3v) is 0.648. The first kappa shape index (κ1) is 21.5. The number of rotatable bonds is 0. The molecule has 0 aromatic carbocycles. The first-order chi connectivity index (χ1) is 5.55. The third kappa shape index (κ3) is 8.96. The van der Waals surface area contributed by atoms with E-state index >= 15 is 0 Å². The summed E-state index contributed by atoms with van der Waals surface area (Å²) in [6.45, 7) is 0. The summed E-state index contributed by atoms with van der Waals surface area (Å²) in [6, 6.07) is 0. The fourth-order valence-electron chi connectivity index (χ4n) is 0.200. The van der Waals surface area contributed by atoms with Crippen LogP contribution in [-0.2, 0) is 14.3 Å². The molecule has 0 N–H and O–H groups in total. The Labute approximate surface area is 138 Å². The maximum absolute atomic E-state index is 11.2. The second-order valence-electron chi connectivity index (χ2n) is 1.67. The van der Waals surface area contributed by atoms with Crippen LogP contribution in [0.25, 0.3) is 0 Å². The van der Waals surface area contributed by atoms with Crippen molar-refractivity contribution in [3.8, 4) is 0 Å². The van der Waals surface area contributed by atoms with Gasteiger partial charge in [-0.1, -0.05) is 0 Å². The minimum absolute atomic E-state index is 0. The first-order valence-electron chi connectivity index (χ1n) is 2.45. The Morgan fingerprint density at radius 2 is 1.00 bits per heavy atom. The summed E-state index contributed by atoms with van der Waals surface area (Å²) in [6.07, 6.45) is -11.2. The molecule has 0 amide bonds. The molecule has 0 bridgehead atoms. The third-order valence-electron chi connectivity index (χ3n) is 0.648. The molecular formula is C4F6HoO3Tm. The Morgan fingerprint density at radius 3 is 1.13 bits per heavy atom. The Bertz CT molecular complexity index is 212. The van der Waals surface area contributed by atoms with Gasteiger partial charge in [-0.05, 0) is 0 Å². The average molecular weight is 544 g/mol. The summed E-state index contributed by atoms with van der Waals surface area (Å²) < 4.78 is 69.7. The fourth-order valence-corrected chi connectivity index (χ4v) is 0.200. The van der Waals surface area contributed by atoms with Crippen LogP contribution < -0.4 is 0 Å². The van der Waals surface area contributed by atoms with Crippen LogP contribution in [0.3, 0.4) is 0 Å². The molecule has 0 aromatic heterocycles. The molecule has 11 heteroatoms. The Kier molecular flexibility index (Phi) is 10.8. The van der Waals surface area contributed by atoms with Crippen molar-refractivity contribution in [1.29, 1.82) is 0 Å². The largest absolute Gasteiger partial charge is 0.491 e. The van der Waals surface area contributed by atoms with E-state index in [2.05, 4.69) is 4.74 Å². The molecule has 0 saturated heterocycles. The van der Waals surface area contributed by atoms with E-state index in [4.69, 9.17) is 0 Å². The van der Waals surface area contributed by atoms with Gasteiger partial charge in [-0.25, -0.2) is 9.59 Å². The second-order valence-corrected chi connectivity index (χ2v) is 1.67. The minimum atomic E-state index is -5.62. The molecule has 0 saturated carbocycles. The van der Waals surface area contributed by atoms with E-state index in [1.807, 2.05) is 0 Å². The van der Waals surface area contributed by atoms with E-state index in [-0.39, 0.29) is 74.6 Å². The Hall–Kier alpha value is 1.21. The molecule has 100 valence electrons. The van der Waals surface area contributed by atoms with Gasteiger partial charge in [-0.15, -0.1) is 0 Å². The standard InChI is InChI=1S/C4F6O3.Ho.Tm/c5-3(6,7)1(11)13-2(12)4(8,9)10;;. The predicted octanol–water partition coefficient (Wildman–Crippen LogP) is 1.18. The maximum Gasteiger partial charge on any atom is 0.491 e. The van der Waals surface area contributed by atoms with Gasteiger partial charge >= 0.3 is 24.3 Å². The van der Waals surface area contributed by atoms with Crippen LogP contribution in [0.4, 0.5) is 26.3 Å². The number of carbonyl (C=O) groups excluding carboxylic acids is 2. The molecule has 0 fully saturated rings. The van der Waals surface area contributed by atoms with E-state index < -0.39 is 24.3 Å². The van der Waals surface area contributed by atoms with E-state index in [9.17, 15) is 35.9 Å². The van der Waals surface area contributed by atoms with Gasteiger partial charge in [0.15, 0.2) is 0 Å². The summed E-state index contributed by atoms with van der Waals surface area (Å²) in [5.74, 6) is -6.40. The first-order valence-corrected chi connectivity index (χ1v) is 2.45. The molecule has 0 aromatic rings. The van der Waals surface area contributed by atoms with Crippen LogP contribution in [0.2, 0.25) is 0 Å². The van der Waals surface area contributed by atoms with Gasteiger partial charge in [0.05, 0.1) is 0 Å². The molecule has 0 aliphatic heterocycles. The molecule has 2 radical (unpaired) electrons. The molecule has 3 nitrogen and oxygen atoms in total. The molecule has 0 aliphatic rings. The van der Waals surface area contributed by atoms with Crippen molar-refractivity contribution >= 4 is 11.9 Å². The van der Waals surface area contributed by atoms with E-state index in [1.54, 1.807) is 0 Å². The zero-order valence-electron chi connectivity index (χ0n) is 6.07. The van der Waals surface area contributed by atoms with Crippen LogP contribution >= 0.6 is 0 Å². The van der Waals surface area contributed by atoms with Crippen molar-refractivity contribution in [1.82, 2.24) is 0 Å². The summed E-state index contributed by atoms with van der Waals surface area (Å²) in [5, 5.41) is 0. The SMILES string of the molecule is O=C(OC(=O)C(F)(F)F)C(F)(F)F.[Ho].[Tm]. The van der Waals surface area contributed by atoms with Gasteiger partial charge < -0.3 is 4.74 Å². The average Bonchev–Trinajstić information content (AvgIpc) is 1.82. The Balaban J connectivity index is -0.000000720. The molecular weight excluding hydrogens is 544 g/mol. The van der Waals surface area contributed by atoms with Crippen molar-refractivity contribution in [2.24, 2.45) is 0 Å². The minimum Gasteiger partial charge on any atom is -0.380 e. The monoisotopic (exact) mass is 544 g/mol. The fraction of sp³-hybridized carbons (Fsp3) is 0.500. The van der Waals surface area contributed by atoms with Gasteiger partial charge in [-0.2, -0.15) is 26.3 Å². The molecule has 0 aliphatic carbocycles. The molecule has 0 heterocycles. The predicted molar refractivity (Wildman–Crippen MR) is 23.2 cm³/mol. The maximum atomic E-state index is 11.2. The summed E-state index contributed by atoms with van der Waals surface area (Å²) >= 11 is 0. The number of hydrogen-bond donors (Lipinski definition) is 0. The smallest absolute Gasteiger partial charge is 0.380 e. The number of halogens is 6. The number of hydrogen-bond acceptors (Lipinski definition) is 3. The van der Waals surface area contributed by atoms with Crippen LogP contribution in [0, 0.1) is 74.6 Å². The summed E-state index contributed by atoms with van der Waals surface area (Å²) in [5.41, 5.74) is 0. The van der Waals surface area contributed by atoms with E-state index in [0.29, 0.717) is 0 Å². The topological polar surface area (TPSA) is 43.4 Å². The van der Waals surface area contributed by atoms with Crippen molar-refractivity contribution < 1.29 is 115 Å². The molecule has 15 heavy (non-hydrogen) atoms. The van der Waals surface area contributed by atoms with Gasteiger partial charge in [0.25, 0.3) is 0 Å². The zero-order valence-corrected chi connectivity index (χ0v) is 9.79. The van der Waals surface area contributed by atoms with Gasteiger partial charge in [0, 0.05) is 74.6 Å². The van der Waals surface area contributed by atoms with Crippen molar-refractivity contribution in [3.05, 3.63) is 0 Å². The van der Waals surface area contributed by atoms with Gasteiger partial charge in [-0.3, -0.25) is 0 Å². The number of esters is 2. The summed E-state index contributed by atoms with van der Waals surface area (Å²) in [7, 11) is 0. The molecule has 0 rings (SSSR count).